The standard InChI is InChI=1S/C18H15F3N2O3S/c1-11(10-27-13(3)16-7-8-22-25-16)12(2)23-26-17(24)14-5-4-6-15(9-14)18(19,20)21/h4-10H,3H2,1-2H3/b11-10+,23-12+. The summed E-state index contributed by atoms with van der Waals surface area (Å²) in [4.78, 5) is 17.3. The second-order valence-corrected chi connectivity index (χ2v) is 6.32. The molecule has 0 saturated carbocycles. The topological polar surface area (TPSA) is 64.7 Å². The summed E-state index contributed by atoms with van der Waals surface area (Å²) in [5.74, 6) is -0.457. The summed E-state index contributed by atoms with van der Waals surface area (Å²) in [7, 11) is 0. The third-order valence-electron chi connectivity index (χ3n) is 3.35. The molecule has 0 radical (unpaired) electrons. The maximum absolute atomic E-state index is 12.7. The van der Waals surface area contributed by atoms with Crippen LogP contribution in [0, 0.1) is 0 Å². The van der Waals surface area contributed by atoms with Crippen LogP contribution < -0.4 is 0 Å². The molecule has 0 N–H and O–H groups in total. The molecular weight excluding hydrogens is 381 g/mol. The lowest BCUT2D eigenvalue weighted by Crippen LogP contribution is -2.08. The minimum Gasteiger partial charge on any atom is -0.356 e. The first kappa shape index (κ1) is 20.5. The molecule has 0 aliphatic carbocycles. The fourth-order valence-corrected chi connectivity index (χ4v) is 2.43. The Morgan fingerprint density at radius 2 is 2.07 bits per heavy atom. The molecule has 0 fully saturated rings. The summed E-state index contributed by atoms with van der Waals surface area (Å²) in [5.41, 5.74) is -0.113. The van der Waals surface area contributed by atoms with Crippen molar-refractivity contribution >= 4 is 28.3 Å². The normalized spacial score (nSPS) is 12.8. The van der Waals surface area contributed by atoms with Gasteiger partial charge in [-0.25, -0.2) is 4.79 Å². The summed E-state index contributed by atoms with van der Waals surface area (Å²) >= 11 is 1.27. The maximum atomic E-state index is 12.7. The lowest BCUT2D eigenvalue weighted by molar-refractivity contribution is -0.137. The number of rotatable bonds is 6. The molecule has 27 heavy (non-hydrogen) atoms. The molecule has 142 valence electrons. The van der Waals surface area contributed by atoms with Crippen molar-refractivity contribution in [2.45, 2.75) is 20.0 Å². The Labute approximate surface area is 157 Å². The second kappa shape index (κ2) is 8.72. The van der Waals surface area contributed by atoms with Crippen LogP contribution in [0.5, 0.6) is 0 Å². The lowest BCUT2D eigenvalue weighted by atomic mass is 10.1. The van der Waals surface area contributed by atoms with Gasteiger partial charge in [0, 0.05) is 11.0 Å². The van der Waals surface area contributed by atoms with Gasteiger partial charge >= 0.3 is 12.1 Å². The summed E-state index contributed by atoms with van der Waals surface area (Å²) in [6, 6.07) is 5.61. The average molecular weight is 396 g/mol. The zero-order valence-corrected chi connectivity index (χ0v) is 15.2. The Bertz CT molecular complexity index is 888. The Morgan fingerprint density at radius 3 is 2.70 bits per heavy atom. The van der Waals surface area contributed by atoms with Crippen LogP contribution in [0.25, 0.3) is 4.91 Å². The van der Waals surface area contributed by atoms with Crippen LogP contribution in [0.1, 0.15) is 35.5 Å². The highest BCUT2D eigenvalue weighted by Gasteiger charge is 2.31. The third kappa shape index (κ3) is 5.85. The molecule has 0 amide bonds. The highest BCUT2D eigenvalue weighted by molar-refractivity contribution is 8.10. The van der Waals surface area contributed by atoms with E-state index in [1.807, 2.05) is 0 Å². The molecule has 0 aliphatic rings. The highest BCUT2D eigenvalue weighted by atomic mass is 32.2. The van der Waals surface area contributed by atoms with Crippen LogP contribution in [0.4, 0.5) is 13.2 Å². The van der Waals surface area contributed by atoms with Crippen LogP contribution in [-0.2, 0) is 11.0 Å². The number of oxime groups is 1. The number of hydrogen-bond donors (Lipinski definition) is 0. The number of carbonyl (C=O) groups is 1. The Balaban J connectivity index is 2.00. The molecule has 0 atom stereocenters. The van der Waals surface area contributed by atoms with Crippen molar-refractivity contribution in [3.05, 3.63) is 71.0 Å². The molecule has 0 unspecified atom stereocenters. The predicted octanol–water partition coefficient (Wildman–Crippen LogP) is 5.53. The van der Waals surface area contributed by atoms with Gasteiger partial charge < -0.3 is 9.36 Å². The van der Waals surface area contributed by atoms with E-state index in [9.17, 15) is 18.0 Å². The first-order valence-electron chi connectivity index (χ1n) is 7.55. The largest absolute Gasteiger partial charge is 0.416 e. The number of benzene rings is 1. The summed E-state index contributed by atoms with van der Waals surface area (Å²) in [5, 5.41) is 8.98. The molecule has 0 aliphatic heterocycles. The fourth-order valence-electron chi connectivity index (χ4n) is 1.72. The molecule has 1 aromatic heterocycles. The molecule has 0 spiro atoms. The molecular formula is C18H15F3N2O3S. The number of halogens is 3. The van der Waals surface area contributed by atoms with Crippen molar-refractivity contribution in [2.75, 3.05) is 0 Å². The molecule has 9 heteroatoms. The van der Waals surface area contributed by atoms with Crippen LogP contribution >= 0.6 is 11.8 Å². The molecule has 2 aromatic rings. The van der Waals surface area contributed by atoms with Crippen molar-refractivity contribution < 1.29 is 27.3 Å². The lowest BCUT2D eigenvalue weighted by Gasteiger charge is -2.07. The van der Waals surface area contributed by atoms with E-state index in [2.05, 4.69) is 16.9 Å². The van der Waals surface area contributed by atoms with E-state index >= 15 is 0 Å². The van der Waals surface area contributed by atoms with Crippen LogP contribution in [0.2, 0.25) is 0 Å². The van der Waals surface area contributed by atoms with Gasteiger partial charge in [-0.05, 0) is 43.0 Å². The average Bonchev–Trinajstić information content (AvgIpc) is 3.17. The zero-order valence-electron chi connectivity index (χ0n) is 14.4. The van der Waals surface area contributed by atoms with E-state index in [1.54, 1.807) is 25.3 Å². The van der Waals surface area contributed by atoms with Gasteiger partial charge in [-0.15, -0.1) is 0 Å². The van der Waals surface area contributed by atoms with Crippen molar-refractivity contribution in [2.24, 2.45) is 5.16 Å². The minimum absolute atomic E-state index is 0.240. The summed E-state index contributed by atoms with van der Waals surface area (Å²) in [6.07, 6.45) is -3.05. The van der Waals surface area contributed by atoms with Gasteiger partial charge in [-0.3, -0.25) is 0 Å². The van der Waals surface area contributed by atoms with Gasteiger partial charge in [0.2, 0.25) is 0 Å². The van der Waals surface area contributed by atoms with E-state index < -0.39 is 17.7 Å². The SMILES string of the molecule is C=C(S/C=C(C)/C(C)=N/OC(=O)c1cccc(C(F)(F)F)c1)c1ccno1. The van der Waals surface area contributed by atoms with Gasteiger partial charge in [0.1, 0.15) is 0 Å². The van der Waals surface area contributed by atoms with E-state index in [4.69, 9.17) is 9.36 Å². The van der Waals surface area contributed by atoms with Crippen LogP contribution in [0.3, 0.4) is 0 Å². The smallest absolute Gasteiger partial charge is 0.356 e. The van der Waals surface area contributed by atoms with Crippen molar-refractivity contribution in [3.63, 3.8) is 0 Å². The molecule has 1 aromatic carbocycles. The number of thioether (sulfide) groups is 1. The van der Waals surface area contributed by atoms with Crippen molar-refractivity contribution in [1.29, 1.82) is 0 Å². The summed E-state index contributed by atoms with van der Waals surface area (Å²) < 4.78 is 43.1. The summed E-state index contributed by atoms with van der Waals surface area (Å²) in [6.45, 7) is 7.17. The van der Waals surface area contributed by atoms with E-state index in [0.717, 1.165) is 12.1 Å². The van der Waals surface area contributed by atoms with E-state index in [1.165, 1.54) is 24.0 Å². The molecule has 0 bridgehead atoms. The zero-order chi connectivity index (χ0) is 20.0. The molecule has 2 rings (SSSR count). The van der Waals surface area contributed by atoms with Gasteiger partial charge in [0.25, 0.3) is 0 Å². The third-order valence-corrected chi connectivity index (χ3v) is 4.31. The number of alkyl halides is 3. The van der Waals surface area contributed by atoms with Crippen molar-refractivity contribution in [1.82, 2.24) is 5.16 Å². The first-order chi connectivity index (χ1) is 12.7. The van der Waals surface area contributed by atoms with Crippen molar-refractivity contribution in [3.8, 4) is 0 Å². The number of hydrogen-bond acceptors (Lipinski definition) is 6. The van der Waals surface area contributed by atoms with Gasteiger partial charge in [-0.2, -0.15) is 13.2 Å². The fraction of sp³-hybridized carbons (Fsp3) is 0.167. The van der Waals surface area contributed by atoms with E-state index in [0.29, 0.717) is 28.0 Å². The maximum Gasteiger partial charge on any atom is 0.416 e. The Hall–Kier alpha value is -2.81. The molecule has 1 heterocycles. The van der Waals surface area contributed by atoms with Crippen LogP contribution in [0.15, 0.2) is 63.8 Å². The van der Waals surface area contributed by atoms with E-state index in [-0.39, 0.29) is 5.56 Å². The second-order valence-electron chi connectivity index (χ2n) is 5.35. The Morgan fingerprint density at radius 1 is 1.33 bits per heavy atom. The number of carbonyl (C=O) groups excluding carboxylic acids is 1. The predicted molar refractivity (Wildman–Crippen MR) is 96.9 cm³/mol. The number of nitrogens with zero attached hydrogens (tertiary/aromatic N) is 2. The Kier molecular flexibility index (Phi) is 6.62. The van der Waals surface area contributed by atoms with Gasteiger partial charge in [0.05, 0.1) is 23.0 Å². The van der Waals surface area contributed by atoms with Gasteiger partial charge in [-0.1, -0.05) is 34.7 Å². The minimum atomic E-state index is -4.54. The number of aromatic nitrogens is 1. The van der Waals surface area contributed by atoms with Crippen LogP contribution in [-0.4, -0.2) is 16.8 Å². The first-order valence-corrected chi connectivity index (χ1v) is 8.43. The number of allylic oxidation sites excluding steroid dienone is 1. The molecule has 5 nitrogen and oxygen atoms in total. The van der Waals surface area contributed by atoms with Gasteiger partial charge in [0.15, 0.2) is 5.76 Å². The monoisotopic (exact) mass is 396 g/mol. The highest BCUT2D eigenvalue weighted by Crippen LogP contribution is 2.30. The quantitative estimate of drug-likeness (QED) is 0.365. The molecule has 0 saturated heterocycles.